The monoisotopic (exact) mass is 272 g/mol. The highest BCUT2D eigenvalue weighted by Gasteiger charge is 2.28. The average Bonchev–Trinajstić information content (AvgIpc) is 2.69. The fraction of sp³-hybridized carbons (Fsp3) is 0.600. The van der Waals surface area contributed by atoms with E-state index >= 15 is 0 Å². The van der Waals surface area contributed by atoms with Crippen LogP contribution in [0.2, 0.25) is 0 Å². The zero-order valence-corrected chi connectivity index (χ0v) is 11.0. The molecule has 1 saturated heterocycles. The van der Waals surface area contributed by atoms with Gasteiger partial charge >= 0.3 is 0 Å². The molecule has 1 amide bonds. The molecule has 0 saturated carbocycles. The molecule has 1 aliphatic rings. The number of nitrogens with zero attached hydrogens (tertiary/aromatic N) is 3. The van der Waals surface area contributed by atoms with Crippen LogP contribution in [0.5, 0.6) is 0 Å². The first kappa shape index (κ1) is 12.9. The normalized spacial score (nSPS) is 18.8. The summed E-state index contributed by atoms with van der Waals surface area (Å²) in [6.07, 6.45) is 1.44. The van der Waals surface area contributed by atoms with Gasteiger partial charge in [-0.3, -0.25) is 9.48 Å². The second-order valence-electron chi connectivity index (χ2n) is 4.21. The molecule has 8 heteroatoms. The molecular weight excluding hydrogens is 256 g/mol. The predicted octanol–water partition coefficient (Wildman–Crippen LogP) is -0.644. The number of rotatable bonds is 2. The highest BCUT2D eigenvalue weighted by molar-refractivity contribution is 7.91. The quantitative estimate of drug-likeness (QED) is 0.772. The number of carbonyl (C=O) groups is 1. The average molecular weight is 272 g/mol. The lowest BCUT2D eigenvalue weighted by atomic mass is 10.3. The van der Waals surface area contributed by atoms with Gasteiger partial charge in [0, 0.05) is 19.6 Å². The van der Waals surface area contributed by atoms with Crippen LogP contribution in [0.4, 0.5) is 5.69 Å². The van der Waals surface area contributed by atoms with Crippen molar-refractivity contribution in [2.24, 2.45) is 0 Å². The van der Waals surface area contributed by atoms with E-state index in [1.165, 1.54) is 15.8 Å². The fourth-order valence-corrected chi connectivity index (χ4v) is 3.14. The number of aryl methyl sites for hydroxylation is 1. The first-order chi connectivity index (χ1) is 8.44. The predicted molar refractivity (Wildman–Crippen MR) is 66.9 cm³/mol. The maximum Gasteiger partial charge on any atom is 0.274 e. The lowest BCUT2D eigenvalue weighted by molar-refractivity contribution is 0.0759. The number of aromatic nitrogens is 2. The molecule has 0 bridgehead atoms. The van der Waals surface area contributed by atoms with Gasteiger partial charge in [0.2, 0.25) is 0 Å². The van der Waals surface area contributed by atoms with E-state index in [0.29, 0.717) is 17.9 Å². The van der Waals surface area contributed by atoms with E-state index in [0.717, 1.165) is 0 Å². The number of anilines is 1. The molecule has 18 heavy (non-hydrogen) atoms. The van der Waals surface area contributed by atoms with Gasteiger partial charge in [0.15, 0.2) is 9.84 Å². The molecule has 0 aromatic carbocycles. The molecule has 1 aromatic heterocycles. The molecule has 2 N–H and O–H groups in total. The van der Waals surface area contributed by atoms with E-state index in [-0.39, 0.29) is 30.5 Å². The first-order valence-corrected chi connectivity index (χ1v) is 7.57. The maximum absolute atomic E-state index is 12.3. The van der Waals surface area contributed by atoms with Crippen LogP contribution in [0.1, 0.15) is 17.4 Å². The van der Waals surface area contributed by atoms with Crippen molar-refractivity contribution in [3.05, 3.63) is 11.9 Å². The van der Waals surface area contributed by atoms with Crippen molar-refractivity contribution in [1.29, 1.82) is 0 Å². The van der Waals surface area contributed by atoms with Crippen molar-refractivity contribution < 1.29 is 13.2 Å². The Labute approximate surface area is 105 Å². The van der Waals surface area contributed by atoms with Crippen molar-refractivity contribution in [2.45, 2.75) is 13.5 Å². The maximum atomic E-state index is 12.3. The summed E-state index contributed by atoms with van der Waals surface area (Å²) in [5, 5.41) is 4.00. The summed E-state index contributed by atoms with van der Waals surface area (Å²) in [4.78, 5) is 13.8. The second-order valence-corrected chi connectivity index (χ2v) is 6.51. The van der Waals surface area contributed by atoms with Gasteiger partial charge in [-0.05, 0) is 6.92 Å². The van der Waals surface area contributed by atoms with Crippen LogP contribution < -0.4 is 5.73 Å². The van der Waals surface area contributed by atoms with Gasteiger partial charge < -0.3 is 10.6 Å². The minimum Gasteiger partial charge on any atom is -0.396 e. The van der Waals surface area contributed by atoms with Crippen molar-refractivity contribution in [1.82, 2.24) is 14.7 Å². The van der Waals surface area contributed by atoms with E-state index in [9.17, 15) is 13.2 Å². The summed E-state index contributed by atoms with van der Waals surface area (Å²) in [5.41, 5.74) is 6.40. The van der Waals surface area contributed by atoms with Crippen LogP contribution in [0.25, 0.3) is 0 Å². The van der Waals surface area contributed by atoms with Crippen LogP contribution in [0.3, 0.4) is 0 Å². The summed E-state index contributed by atoms with van der Waals surface area (Å²) in [5.74, 6) is -0.223. The molecule has 7 nitrogen and oxygen atoms in total. The number of amides is 1. The Morgan fingerprint density at radius 3 is 2.61 bits per heavy atom. The van der Waals surface area contributed by atoms with Gasteiger partial charge in [0.25, 0.3) is 5.91 Å². The number of carbonyl (C=O) groups excluding carboxylic acids is 1. The van der Waals surface area contributed by atoms with Gasteiger partial charge in [-0.15, -0.1) is 0 Å². The Hall–Kier alpha value is -1.57. The van der Waals surface area contributed by atoms with Crippen LogP contribution in [-0.2, 0) is 16.4 Å². The molecule has 0 unspecified atom stereocenters. The van der Waals surface area contributed by atoms with E-state index in [1.807, 2.05) is 6.92 Å². The third-order valence-electron chi connectivity index (χ3n) is 3.00. The third kappa shape index (κ3) is 2.33. The molecule has 1 aliphatic heterocycles. The Bertz CT molecular complexity index is 550. The molecule has 1 aromatic rings. The standard InChI is InChI=1S/C10H16N4O3S/c1-2-14-9(8(11)7-12-14)10(15)13-3-5-18(16,17)6-4-13/h7H,2-6,11H2,1H3. The zero-order chi connectivity index (χ0) is 13.3. The number of hydrogen-bond acceptors (Lipinski definition) is 5. The first-order valence-electron chi connectivity index (χ1n) is 5.75. The van der Waals surface area contributed by atoms with Crippen molar-refractivity contribution >= 4 is 21.4 Å². The van der Waals surface area contributed by atoms with E-state index in [4.69, 9.17) is 5.73 Å². The van der Waals surface area contributed by atoms with Crippen molar-refractivity contribution in [3.8, 4) is 0 Å². The topological polar surface area (TPSA) is 98.3 Å². The lowest BCUT2D eigenvalue weighted by Crippen LogP contribution is -2.44. The molecule has 2 rings (SSSR count). The number of hydrogen-bond donors (Lipinski definition) is 1. The van der Waals surface area contributed by atoms with E-state index < -0.39 is 9.84 Å². The van der Waals surface area contributed by atoms with Crippen LogP contribution in [0.15, 0.2) is 6.20 Å². The van der Waals surface area contributed by atoms with Crippen LogP contribution in [-0.4, -0.2) is 53.6 Å². The molecule has 0 spiro atoms. The van der Waals surface area contributed by atoms with Crippen LogP contribution >= 0.6 is 0 Å². The molecule has 0 aliphatic carbocycles. The Morgan fingerprint density at radius 2 is 2.06 bits per heavy atom. The lowest BCUT2D eigenvalue weighted by Gasteiger charge is -2.26. The smallest absolute Gasteiger partial charge is 0.274 e. The van der Waals surface area contributed by atoms with Crippen molar-refractivity contribution in [2.75, 3.05) is 30.3 Å². The highest BCUT2D eigenvalue weighted by Crippen LogP contribution is 2.15. The molecular formula is C10H16N4O3S. The number of sulfone groups is 1. The number of nitrogens with two attached hydrogens (primary N) is 1. The molecule has 2 heterocycles. The highest BCUT2D eigenvalue weighted by atomic mass is 32.2. The summed E-state index contributed by atoms with van der Waals surface area (Å²) in [6, 6.07) is 0. The molecule has 100 valence electrons. The SMILES string of the molecule is CCn1ncc(N)c1C(=O)N1CCS(=O)(=O)CC1. The Morgan fingerprint density at radius 1 is 1.44 bits per heavy atom. The number of nitrogen functional groups attached to an aromatic ring is 1. The van der Waals surface area contributed by atoms with Crippen molar-refractivity contribution in [3.63, 3.8) is 0 Å². The molecule has 0 radical (unpaired) electrons. The van der Waals surface area contributed by atoms with E-state index in [2.05, 4.69) is 5.10 Å². The van der Waals surface area contributed by atoms with Gasteiger partial charge in [-0.2, -0.15) is 5.10 Å². The van der Waals surface area contributed by atoms with Gasteiger partial charge in [0.05, 0.1) is 23.4 Å². The minimum absolute atomic E-state index is 0.0128. The Balaban J connectivity index is 2.20. The Kier molecular flexibility index (Phi) is 3.29. The summed E-state index contributed by atoms with van der Waals surface area (Å²) in [6.45, 7) is 2.85. The molecule has 0 atom stereocenters. The molecule has 1 fully saturated rings. The second kappa shape index (κ2) is 4.60. The van der Waals surface area contributed by atoms with Gasteiger partial charge in [-0.25, -0.2) is 8.42 Å². The van der Waals surface area contributed by atoms with Crippen LogP contribution in [0, 0.1) is 0 Å². The zero-order valence-electron chi connectivity index (χ0n) is 10.2. The summed E-state index contributed by atoms with van der Waals surface area (Å²) >= 11 is 0. The van der Waals surface area contributed by atoms with E-state index in [1.54, 1.807) is 0 Å². The summed E-state index contributed by atoms with van der Waals surface area (Å²) < 4.78 is 24.2. The fourth-order valence-electron chi connectivity index (χ4n) is 1.94. The summed E-state index contributed by atoms with van der Waals surface area (Å²) in [7, 11) is -2.99. The minimum atomic E-state index is -2.99. The van der Waals surface area contributed by atoms with Gasteiger partial charge in [0.1, 0.15) is 5.69 Å². The largest absolute Gasteiger partial charge is 0.396 e. The third-order valence-corrected chi connectivity index (χ3v) is 4.61. The van der Waals surface area contributed by atoms with Gasteiger partial charge in [-0.1, -0.05) is 0 Å².